The highest BCUT2D eigenvalue weighted by molar-refractivity contribution is 7.17. The first-order valence-corrected chi connectivity index (χ1v) is 17.8. The Morgan fingerprint density at radius 2 is 1.81 bits per heavy atom. The second-order valence-electron chi connectivity index (χ2n) is 12.6. The summed E-state index contributed by atoms with van der Waals surface area (Å²) < 4.78 is 6.79. The van der Waals surface area contributed by atoms with Gasteiger partial charge in [-0.2, -0.15) is 0 Å². The van der Waals surface area contributed by atoms with Crippen molar-refractivity contribution in [2.24, 2.45) is 4.99 Å². The molecule has 16 heteroatoms. The number of piperidine rings is 1. The number of aromatic nitrogens is 3. The second-order valence-corrected chi connectivity index (χ2v) is 14.0. The van der Waals surface area contributed by atoms with E-state index in [1.54, 1.807) is 37.3 Å². The molecule has 5 heterocycles. The minimum atomic E-state index is -1.05. The summed E-state index contributed by atoms with van der Waals surface area (Å²) in [5.41, 5.74) is 3.77. The van der Waals surface area contributed by atoms with Crippen LogP contribution in [-0.4, -0.2) is 80.6 Å². The molecule has 0 bridgehead atoms. The molecule has 3 aliphatic rings. The fraction of sp³-hybridized carbons (Fsp3) is 0.306. The van der Waals surface area contributed by atoms with Gasteiger partial charge in [0, 0.05) is 29.1 Å². The molecule has 2 aromatic carbocycles. The molecular formula is C36H32ClN7O7S. The summed E-state index contributed by atoms with van der Waals surface area (Å²) in [6.45, 7) is 3.90. The van der Waals surface area contributed by atoms with Crippen LogP contribution in [0, 0.1) is 13.8 Å². The number of carbonyl (C=O) groups excluding carboxylic acids is 6. The van der Waals surface area contributed by atoms with Crippen LogP contribution in [-0.2, 0) is 25.5 Å². The maximum atomic E-state index is 13.8. The number of amides is 5. The minimum absolute atomic E-state index is 0.0359. The third-order valence-electron chi connectivity index (χ3n) is 9.38. The molecule has 1 unspecified atom stereocenters. The van der Waals surface area contributed by atoms with E-state index >= 15 is 0 Å². The van der Waals surface area contributed by atoms with Crippen molar-refractivity contribution in [2.75, 3.05) is 13.7 Å². The normalized spacial score (nSPS) is 17.9. The third kappa shape index (κ3) is 6.09. The molecule has 3 aliphatic heterocycles. The first-order chi connectivity index (χ1) is 25.0. The van der Waals surface area contributed by atoms with E-state index in [-0.39, 0.29) is 42.8 Å². The summed E-state index contributed by atoms with van der Waals surface area (Å²) in [6, 6.07) is 10.4. The lowest BCUT2D eigenvalue weighted by molar-refractivity contribution is -0.141. The number of aryl methyl sites for hydroxylation is 2. The quantitative estimate of drug-likeness (QED) is 0.146. The third-order valence-corrected chi connectivity index (χ3v) is 10.9. The highest BCUT2D eigenvalue weighted by Gasteiger charge is 2.45. The SMILES string of the molecule is COC(=O)C[C@@H]1N=C(c2ccc(Cl)cc2)c2c(sc(C(=O)NCCCc3cccc4c3C(=O)N(C3CCC(=O)NC3=O)C4=O)c2C)-n2c(C)nnc21. The predicted molar refractivity (Wildman–Crippen MR) is 189 cm³/mol. The van der Waals surface area contributed by atoms with Gasteiger partial charge in [-0.05, 0) is 62.4 Å². The van der Waals surface area contributed by atoms with Crippen LogP contribution in [0.4, 0.5) is 0 Å². The van der Waals surface area contributed by atoms with E-state index in [0.717, 1.165) is 10.5 Å². The molecule has 0 saturated carbocycles. The van der Waals surface area contributed by atoms with E-state index in [4.69, 9.17) is 21.3 Å². The zero-order chi connectivity index (χ0) is 36.8. The van der Waals surface area contributed by atoms with Crippen molar-refractivity contribution < 1.29 is 33.5 Å². The van der Waals surface area contributed by atoms with Crippen LogP contribution in [0.3, 0.4) is 0 Å². The van der Waals surface area contributed by atoms with Crippen LogP contribution in [0.15, 0.2) is 47.5 Å². The van der Waals surface area contributed by atoms with Crippen molar-refractivity contribution in [3.05, 3.63) is 97.4 Å². The molecule has 2 atom stereocenters. The minimum Gasteiger partial charge on any atom is -0.469 e. The van der Waals surface area contributed by atoms with Crippen molar-refractivity contribution in [1.82, 2.24) is 30.3 Å². The zero-order valence-electron chi connectivity index (χ0n) is 28.3. The van der Waals surface area contributed by atoms with E-state index < -0.39 is 41.7 Å². The Kier molecular flexibility index (Phi) is 9.31. The van der Waals surface area contributed by atoms with Crippen molar-refractivity contribution >= 4 is 64.2 Å². The van der Waals surface area contributed by atoms with Gasteiger partial charge in [0.2, 0.25) is 11.8 Å². The van der Waals surface area contributed by atoms with Crippen LogP contribution < -0.4 is 10.6 Å². The van der Waals surface area contributed by atoms with Crippen LogP contribution in [0.5, 0.6) is 0 Å². The highest BCUT2D eigenvalue weighted by Crippen LogP contribution is 2.40. The van der Waals surface area contributed by atoms with Crippen molar-refractivity contribution in [2.45, 2.75) is 58.0 Å². The fourth-order valence-electron chi connectivity index (χ4n) is 6.83. The Morgan fingerprint density at radius 1 is 1.04 bits per heavy atom. The number of hydrogen-bond donors (Lipinski definition) is 2. The van der Waals surface area contributed by atoms with E-state index in [1.165, 1.54) is 18.4 Å². The number of ether oxygens (including phenoxy) is 1. The Morgan fingerprint density at radius 3 is 2.54 bits per heavy atom. The number of benzene rings is 2. The van der Waals surface area contributed by atoms with Crippen molar-refractivity contribution in [1.29, 1.82) is 0 Å². The molecule has 0 radical (unpaired) electrons. The standard InChI is InChI=1S/C36H32ClN7O7S/c1-17-27-29(20-9-11-21(37)12-10-20)39-23(16-26(46)51-3)31-42-41-18(2)43(31)36(27)52-30(17)33(48)38-15-5-7-19-6-4-8-22-28(19)35(50)44(34(22)49)24-13-14-25(45)40-32(24)47/h4,6,8-12,23-24H,5,7,13-16H2,1-3H3,(H,38,48)(H,40,45,47)/t23-,24?/m0/s1. The number of esters is 1. The Labute approximate surface area is 306 Å². The highest BCUT2D eigenvalue weighted by atomic mass is 35.5. The molecule has 2 aromatic heterocycles. The summed E-state index contributed by atoms with van der Waals surface area (Å²) in [5, 5.41) is 15.1. The van der Waals surface area contributed by atoms with Crippen LogP contribution in [0.25, 0.3) is 5.00 Å². The molecule has 0 spiro atoms. The van der Waals surface area contributed by atoms with Crippen molar-refractivity contribution in [3.63, 3.8) is 0 Å². The van der Waals surface area contributed by atoms with Gasteiger partial charge >= 0.3 is 5.97 Å². The summed E-state index contributed by atoms with van der Waals surface area (Å²) in [4.78, 5) is 83.5. The lowest BCUT2D eigenvalue weighted by Gasteiger charge is -2.27. The van der Waals surface area contributed by atoms with Crippen molar-refractivity contribution in [3.8, 4) is 5.00 Å². The number of imide groups is 2. The molecule has 52 heavy (non-hydrogen) atoms. The summed E-state index contributed by atoms with van der Waals surface area (Å²) >= 11 is 7.47. The molecule has 5 amide bonds. The van der Waals surface area contributed by atoms with Gasteiger partial charge in [0.15, 0.2) is 5.82 Å². The summed E-state index contributed by atoms with van der Waals surface area (Å²) in [5.74, 6) is -2.00. The van der Waals surface area contributed by atoms with Gasteiger partial charge in [0.25, 0.3) is 17.7 Å². The van der Waals surface area contributed by atoms with Crippen LogP contribution in [0.2, 0.25) is 5.02 Å². The molecule has 14 nitrogen and oxygen atoms in total. The van der Waals surface area contributed by atoms with E-state index in [2.05, 4.69) is 20.8 Å². The maximum absolute atomic E-state index is 13.8. The van der Waals surface area contributed by atoms with Gasteiger partial charge in [0.1, 0.15) is 22.9 Å². The average molecular weight is 742 g/mol. The Balaban J connectivity index is 1.12. The van der Waals surface area contributed by atoms with E-state index in [9.17, 15) is 28.8 Å². The molecule has 7 rings (SSSR count). The number of hydrogen-bond acceptors (Lipinski definition) is 11. The number of rotatable bonds is 9. The van der Waals surface area contributed by atoms with Gasteiger partial charge in [0.05, 0.1) is 35.2 Å². The molecule has 0 aliphatic carbocycles. The number of carbonyl (C=O) groups is 6. The maximum Gasteiger partial charge on any atom is 0.308 e. The molecular weight excluding hydrogens is 710 g/mol. The van der Waals surface area contributed by atoms with Gasteiger partial charge < -0.3 is 10.1 Å². The van der Waals surface area contributed by atoms with Gasteiger partial charge in [-0.25, -0.2) is 0 Å². The van der Waals surface area contributed by atoms with Crippen LogP contribution >= 0.6 is 22.9 Å². The first-order valence-electron chi connectivity index (χ1n) is 16.6. The topological polar surface area (TPSA) is 182 Å². The number of nitrogens with zero attached hydrogens (tertiary/aromatic N) is 5. The lowest BCUT2D eigenvalue weighted by Crippen LogP contribution is -2.54. The molecule has 2 N–H and O–H groups in total. The van der Waals surface area contributed by atoms with Gasteiger partial charge in [-0.15, -0.1) is 21.5 Å². The predicted octanol–water partition coefficient (Wildman–Crippen LogP) is 3.82. The van der Waals surface area contributed by atoms with Crippen LogP contribution in [0.1, 0.15) is 96.0 Å². The Bertz CT molecular complexity index is 2230. The number of halogens is 1. The van der Waals surface area contributed by atoms with Gasteiger partial charge in [-0.3, -0.25) is 48.5 Å². The lowest BCUT2D eigenvalue weighted by atomic mass is 9.99. The molecule has 1 saturated heterocycles. The van der Waals surface area contributed by atoms with E-state index in [0.29, 0.717) is 61.8 Å². The molecule has 1 fully saturated rings. The average Bonchev–Trinajstić information content (AvgIpc) is 3.72. The zero-order valence-corrected chi connectivity index (χ0v) is 29.9. The summed E-state index contributed by atoms with van der Waals surface area (Å²) in [7, 11) is 1.31. The first kappa shape index (κ1) is 34.9. The largest absolute Gasteiger partial charge is 0.469 e. The number of nitrogens with one attached hydrogen (secondary N) is 2. The number of aliphatic imine (C=N–C) groups is 1. The smallest absolute Gasteiger partial charge is 0.308 e. The molecule has 4 aromatic rings. The second kappa shape index (κ2) is 13.9. The molecule has 266 valence electrons. The number of methoxy groups -OCH3 is 1. The van der Waals surface area contributed by atoms with E-state index in [1.807, 2.05) is 23.6 Å². The Hall–Kier alpha value is -5.54. The summed E-state index contributed by atoms with van der Waals surface area (Å²) in [6.07, 6.45) is 0.875. The monoisotopic (exact) mass is 741 g/mol. The number of thiophene rings is 1. The fourth-order valence-corrected chi connectivity index (χ4v) is 8.24. The number of fused-ring (bicyclic) bond motifs is 4. The van der Waals surface area contributed by atoms with Gasteiger partial charge in [-0.1, -0.05) is 35.9 Å².